The molecule has 6 heteroatoms. The highest BCUT2D eigenvalue weighted by Crippen LogP contribution is 2.23. The number of carbonyl (C=O) groups excluding carboxylic acids is 1. The van der Waals surface area contributed by atoms with Crippen LogP contribution in [0.2, 0.25) is 0 Å². The van der Waals surface area contributed by atoms with Crippen LogP contribution in [-0.2, 0) is 0 Å². The van der Waals surface area contributed by atoms with Crippen molar-refractivity contribution in [2.24, 2.45) is 0 Å². The van der Waals surface area contributed by atoms with Crippen LogP contribution < -0.4 is 5.32 Å². The number of phenols is 1. The number of aromatic hydroxyl groups is 1. The fourth-order valence-corrected chi connectivity index (χ4v) is 5.60. The molecule has 1 amide bonds. The summed E-state index contributed by atoms with van der Waals surface area (Å²) in [5.74, 6) is 0.404. The summed E-state index contributed by atoms with van der Waals surface area (Å²) in [6.45, 7) is 5.52. The molecule has 0 aromatic heterocycles. The van der Waals surface area contributed by atoms with Gasteiger partial charge in [0.2, 0.25) is 0 Å². The first-order valence-electron chi connectivity index (χ1n) is 12.6. The Morgan fingerprint density at radius 3 is 2.53 bits per heavy atom. The van der Waals surface area contributed by atoms with Crippen molar-refractivity contribution < 1.29 is 15.0 Å². The van der Waals surface area contributed by atoms with E-state index in [-0.39, 0.29) is 11.7 Å². The van der Waals surface area contributed by atoms with Crippen molar-refractivity contribution in [3.63, 3.8) is 0 Å². The summed E-state index contributed by atoms with van der Waals surface area (Å²) in [5, 5.41) is 24.5. The summed E-state index contributed by atoms with van der Waals surface area (Å²) in [4.78, 5) is 16.6. The van der Waals surface area contributed by atoms with E-state index in [1.807, 2.05) is 30.3 Å². The van der Waals surface area contributed by atoms with Crippen molar-refractivity contribution in [2.75, 3.05) is 18.8 Å². The van der Waals surface area contributed by atoms with Gasteiger partial charge in [0, 0.05) is 34.4 Å². The molecule has 0 bridgehead atoms. The van der Waals surface area contributed by atoms with E-state index in [0.717, 1.165) is 24.3 Å². The van der Waals surface area contributed by atoms with Gasteiger partial charge in [0.25, 0.3) is 5.91 Å². The van der Waals surface area contributed by atoms with Crippen LogP contribution in [0.15, 0.2) is 53.4 Å². The van der Waals surface area contributed by atoms with Gasteiger partial charge in [0.1, 0.15) is 5.75 Å². The van der Waals surface area contributed by atoms with E-state index in [4.69, 9.17) is 0 Å². The maximum absolute atomic E-state index is 13.1. The van der Waals surface area contributed by atoms with Gasteiger partial charge in [-0.25, -0.2) is 0 Å². The molecule has 0 radical (unpaired) electrons. The zero-order chi connectivity index (χ0) is 24.3. The van der Waals surface area contributed by atoms with Gasteiger partial charge in [0.15, 0.2) is 0 Å². The molecule has 1 aliphatic rings. The number of hydrogen-bond acceptors (Lipinski definition) is 5. The summed E-state index contributed by atoms with van der Waals surface area (Å²) < 4.78 is 0. The Hall–Kier alpha value is -2.02. The zero-order valence-electron chi connectivity index (χ0n) is 20.6. The molecule has 1 heterocycles. The molecule has 0 saturated carbocycles. The second-order valence-electron chi connectivity index (χ2n) is 9.48. The molecule has 1 fully saturated rings. The van der Waals surface area contributed by atoms with Gasteiger partial charge < -0.3 is 15.5 Å². The predicted molar refractivity (Wildman–Crippen MR) is 141 cm³/mol. The number of rotatable bonds is 8. The lowest BCUT2D eigenvalue weighted by molar-refractivity contribution is 0.0591. The number of β-amino-alcohol motifs (C(OH)–C–C–N with tert-alkyl or cyclic N) is 1. The van der Waals surface area contributed by atoms with E-state index in [1.54, 1.807) is 36.9 Å². The molecule has 34 heavy (non-hydrogen) atoms. The van der Waals surface area contributed by atoms with Crippen LogP contribution in [0.4, 0.5) is 0 Å². The molecule has 3 atom stereocenters. The van der Waals surface area contributed by atoms with Gasteiger partial charge in [-0.3, -0.25) is 9.69 Å². The highest BCUT2D eigenvalue weighted by molar-refractivity contribution is 7.99. The Morgan fingerprint density at radius 2 is 1.76 bits per heavy atom. The summed E-state index contributed by atoms with van der Waals surface area (Å²) >= 11 is 1.64. The third-order valence-corrected chi connectivity index (χ3v) is 8.00. The Labute approximate surface area is 209 Å². The highest BCUT2D eigenvalue weighted by atomic mass is 32.2. The van der Waals surface area contributed by atoms with Gasteiger partial charge in [-0.1, -0.05) is 56.4 Å². The summed E-state index contributed by atoms with van der Waals surface area (Å²) in [5.41, 5.74) is 0.989. The Bertz CT molecular complexity index is 892. The number of hydrogen-bond donors (Lipinski definition) is 3. The van der Waals surface area contributed by atoms with Crippen LogP contribution in [0.3, 0.4) is 0 Å². The molecule has 3 rings (SSSR count). The molecule has 0 aliphatic carbocycles. The van der Waals surface area contributed by atoms with Gasteiger partial charge in [0.05, 0.1) is 12.1 Å². The number of amides is 1. The first-order chi connectivity index (χ1) is 16.5. The normalized spacial score (nSPS) is 19.8. The summed E-state index contributed by atoms with van der Waals surface area (Å²) in [6, 6.07) is 15.0. The van der Waals surface area contributed by atoms with Crippen LogP contribution in [-0.4, -0.2) is 58.1 Å². The van der Waals surface area contributed by atoms with Crippen molar-refractivity contribution in [2.45, 2.75) is 81.9 Å². The number of benzene rings is 2. The molecule has 3 N–H and O–H groups in total. The lowest BCUT2D eigenvalue weighted by atomic mass is 10.0. The minimum Gasteiger partial charge on any atom is -0.508 e. The van der Waals surface area contributed by atoms with E-state index < -0.39 is 12.1 Å². The SMILES string of the molecule is Cc1c(O)cccc1C(=O)N[C@@H](CSc1ccccc1)C(O)CN1CCCCCCCC[C@H]1C. The van der Waals surface area contributed by atoms with Crippen LogP contribution in [0, 0.1) is 6.92 Å². The third kappa shape index (κ3) is 8.03. The number of aliphatic hydroxyl groups is 1. The zero-order valence-corrected chi connectivity index (χ0v) is 21.4. The molecule has 1 unspecified atom stereocenters. The van der Waals surface area contributed by atoms with Gasteiger partial charge in [-0.05, 0) is 57.5 Å². The highest BCUT2D eigenvalue weighted by Gasteiger charge is 2.27. The molecular weight excluding hydrogens is 444 g/mol. The van der Waals surface area contributed by atoms with Gasteiger partial charge in [-0.2, -0.15) is 0 Å². The first-order valence-corrected chi connectivity index (χ1v) is 13.6. The average molecular weight is 485 g/mol. The minimum absolute atomic E-state index is 0.102. The fraction of sp³-hybridized carbons (Fsp3) is 0.536. The van der Waals surface area contributed by atoms with Crippen molar-refractivity contribution in [1.82, 2.24) is 10.2 Å². The quantitative estimate of drug-likeness (QED) is 0.438. The lowest BCUT2D eigenvalue weighted by Gasteiger charge is -2.34. The summed E-state index contributed by atoms with van der Waals surface area (Å²) in [6.07, 6.45) is 7.98. The van der Waals surface area contributed by atoms with Crippen LogP contribution in [0.5, 0.6) is 5.75 Å². The van der Waals surface area contributed by atoms with Crippen molar-refractivity contribution >= 4 is 17.7 Å². The van der Waals surface area contributed by atoms with E-state index in [2.05, 4.69) is 17.1 Å². The standard InChI is InChI=1S/C28H40N2O3S/c1-21-13-8-5-3-4-6-11-18-30(21)19-27(32)25(20-34-23-14-9-7-10-15-23)29-28(33)24-16-12-17-26(31)22(24)2/h7,9-10,12,14-17,21,25,27,31-32H,3-6,8,11,13,18-20H2,1-2H3,(H,29,33)/t21-,25+,27?/m1/s1. The fourth-order valence-electron chi connectivity index (χ4n) is 4.57. The second-order valence-corrected chi connectivity index (χ2v) is 10.6. The molecule has 2 aromatic carbocycles. The number of nitrogens with one attached hydrogen (secondary N) is 1. The number of phenolic OH excluding ortho intramolecular Hbond substituents is 1. The second kappa shape index (κ2) is 13.8. The minimum atomic E-state index is -0.692. The molecular formula is C28H40N2O3S. The number of aliphatic hydroxyl groups excluding tert-OH is 1. The molecule has 2 aromatic rings. The van der Waals surface area contributed by atoms with E-state index in [1.165, 1.54) is 32.1 Å². The number of nitrogens with zero attached hydrogens (tertiary/aromatic N) is 1. The number of thioether (sulfide) groups is 1. The van der Waals surface area contributed by atoms with Gasteiger partial charge >= 0.3 is 0 Å². The topological polar surface area (TPSA) is 72.8 Å². The largest absolute Gasteiger partial charge is 0.508 e. The van der Waals surface area contributed by atoms with Crippen molar-refractivity contribution in [1.29, 1.82) is 0 Å². The molecule has 186 valence electrons. The smallest absolute Gasteiger partial charge is 0.252 e. The van der Waals surface area contributed by atoms with Gasteiger partial charge in [-0.15, -0.1) is 11.8 Å². The van der Waals surface area contributed by atoms with Crippen LogP contribution in [0.1, 0.15) is 67.8 Å². The molecule has 0 spiro atoms. The third-order valence-electron chi connectivity index (χ3n) is 6.87. The van der Waals surface area contributed by atoms with Crippen LogP contribution in [0.25, 0.3) is 0 Å². The van der Waals surface area contributed by atoms with Crippen molar-refractivity contribution in [3.05, 3.63) is 59.7 Å². The van der Waals surface area contributed by atoms with E-state index >= 15 is 0 Å². The monoisotopic (exact) mass is 484 g/mol. The summed E-state index contributed by atoms with van der Waals surface area (Å²) in [7, 11) is 0. The van der Waals surface area contributed by atoms with Crippen LogP contribution >= 0.6 is 11.8 Å². The van der Waals surface area contributed by atoms with E-state index in [9.17, 15) is 15.0 Å². The first kappa shape index (κ1) is 26.6. The molecule has 1 saturated heterocycles. The maximum Gasteiger partial charge on any atom is 0.252 e. The average Bonchev–Trinajstić information content (AvgIpc) is 2.84. The predicted octanol–water partition coefficient (Wildman–Crippen LogP) is 5.39. The maximum atomic E-state index is 13.1. The van der Waals surface area contributed by atoms with E-state index in [0.29, 0.717) is 29.5 Å². The Morgan fingerprint density at radius 1 is 1.06 bits per heavy atom. The Balaban J connectivity index is 1.72. The Kier molecular flexibility index (Phi) is 10.8. The molecule has 5 nitrogen and oxygen atoms in total. The lowest BCUT2D eigenvalue weighted by Crippen LogP contribution is -2.51. The molecule has 1 aliphatic heterocycles. The number of carbonyl (C=O) groups is 1. The van der Waals surface area contributed by atoms with Crippen molar-refractivity contribution in [3.8, 4) is 5.75 Å².